The fraction of sp³-hybridized carbons (Fsp3) is 0.824. The number of carbonyl (C=O) groups excluding carboxylic acids is 1. The highest BCUT2D eigenvalue weighted by molar-refractivity contribution is 7.99. The van der Waals surface area contributed by atoms with Gasteiger partial charge < -0.3 is 4.74 Å². The number of hydrogen-bond donors (Lipinski definition) is 0. The van der Waals surface area contributed by atoms with Crippen LogP contribution in [0.15, 0.2) is 11.6 Å². The van der Waals surface area contributed by atoms with Crippen LogP contribution in [0.5, 0.6) is 0 Å². The number of fused-ring (bicyclic) bond motifs is 3. The molecule has 0 aromatic heterocycles. The maximum absolute atomic E-state index is 11.9. The summed E-state index contributed by atoms with van der Waals surface area (Å²) < 4.78 is 5.90. The SMILES string of the molecule is CC(C)CSC1CC2=CC(=O)OC23CC1N1CCCCC13. The van der Waals surface area contributed by atoms with Crippen molar-refractivity contribution in [2.24, 2.45) is 5.92 Å². The van der Waals surface area contributed by atoms with Gasteiger partial charge in [-0.15, -0.1) is 0 Å². The number of piperidine rings is 1. The number of thioether (sulfide) groups is 1. The average molecular weight is 307 g/mol. The van der Waals surface area contributed by atoms with Crippen LogP contribution < -0.4 is 0 Å². The quantitative estimate of drug-likeness (QED) is 0.750. The number of rotatable bonds is 3. The van der Waals surface area contributed by atoms with Gasteiger partial charge in [0.25, 0.3) is 0 Å². The van der Waals surface area contributed by atoms with Crippen LogP contribution in [-0.2, 0) is 9.53 Å². The maximum atomic E-state index is 11.9. The lowest BCUT2D eigenvalue weighted by atomic mass is 9.77. The van der Waals surface area contributed by atoms with Crippen molar-refractivity contribution in [3.05, 3.63) is 11.6 Å². The largest absolute Gasteiger partial charge is 0.450 e. The van der Waals surface area contributed by atoms with Crippen LogP contribution in [0.2, 0.25) is 0 Å². The van der Waals surface area contributed by atoms with Crippen LogP contribution in [0.25, 0.3) is 0 Å². The summed E-state index contributed by atoms with van der Waals surface area (Å²) in [5.74, 6) is 1.86. The highest BCUT2D eigenvalue weighted by atomic mass is 32.2. The molecule has 2 bridgehead atoms. The fourth-order valence-electron chi connectivity index (χ4n) is 4.82. The van der Waals surface area contributed by atoms with Gasteiger partial charge in [0.05, 0.1) is 6.04 Å². The van der Waals surface area contributed by atoms with Crippen molar-refractivity contribution in [2.75, 3.05) is 12.3 Å². The molecular weight excluding hydrogens is 282 g/mol. The van der Waals surface area contributed by atoms with E-state index in [2.05, 4.69) is 30.5 Å². The van der Waals surface area contributed by atoms with E-state index in [0.29, 0.717) is 17.3 Å². The third-order valence-corrected chi connectivity index (χ3v) is 7.40. The molecule has 3 aliphatic heterocycles. The Balaban J connectivity index is 1.64. The standard InChI is InChI=1S/C17H25NO2S/c1-11(2)10-21-14-7-12-8-16(19)20-17(12)9-13(14)18-6-4-3-5-15(17)18/h8,11,13-15H,3-7,9-10H2,1-2H3. The number of ether oxygens (including phenoxy) is 1. The summed E-state index contributed by atoms with van der Waals surface area (Å²) in [5.41, 5.74) is 1.07. The van der Waals surface area contributed by atoms with Crippen molar-refractivity contribution in [1.82, 2.24) is 4.90 Å². The lowest BCUT2D eigenvalue weighted by Crippen LogP contribution is -2.48. The minimum Gasteiger partial charge on any atom is -0.450 e. The van der Waals surface area contributed by atoms with E-state index in [9.17, 15) is 4.79 Å². The van der Waals surface area contributed by atoms with E-state index in [1.165, 1.54) is 37.1 Å². The second-order valence-corrected chi connectivity index (χ2v) is 8.74. The molecule has 3 nitrogen and oxygen atoms in total. The van der Waals surface area contributed by atoms with Crippen molar-refractivity contribution in [3.8, 4) is 0 Å². The summed E-state index contributed by atoms with van der Waals surface area (Å²) in [4.78, 5) is 14.6. The molecule has 0 N–H and O–H groups in total. The van der Waals surface area contributed by atoms with Gasteiger partial charge in [0.15, 0.2) is 5.60 Å². The molecule has 2 saturated heterocycles. The second-order valence-electron chi connectivity index (χ2n) is 7.47. The summed E-state index contributed by atoms with van der Waals surface area (Å²) in [5, 5.41) is 0.643. The van der Waals surface area contributed by atoms with Crippen LogP contribution in [0, 0.1) is 5.92 Å². The predicted molar refractivity (Wildman–Crippen MR) is 85.4 cm³/mol. The van der Waals surface area contributed by atoms with E-state index in [4.69, 9.17) is 4.74 Å². The Hall–Kier alpha value is -0.480. The molecule has 4 unspecified atom stereocenters. The summed E-state index contributed by atoms with van der Waals surface area (Å²) in [7, 11) is 0. The Morgan fingerprint density at radius 3 is 3.14 bits per heavy atom. The molecule has 4 rings (SSSR count). The Morgan fingerprint density at radius 2 is 2.33 bits per heavy atom. The molecule has 116 valence electrons. The highest BCUT2D eigenvalue weighted by Crippen LogP contribution is 2.56. The Morgan fingerprint density at radius 1 is 1.48 bits per heavy atom. The van der Waals surface area contributed by atoms with Crippen LogP contribution in [-0.4, -0.2) is 46.1 Å². The van der Waals surface area contributed by atoms with E-state index < -0.39 is 0 Å². The Kier molecular flexibility index (Phi) is 3.38. The number of nitrogens with zero attached hydrogens (tertiary/aromatic N) is 1. The van der Waals surface area contributed by atoms with E-state index in [1.807, 2.05) is 6.08 Å². The van der Waals surface area contributed by atoms with E-state index in [-0.39, 0.29) is 11.6 Å². The van der Waals surface area contributed by atoms with Crippen LogP contribution in [0.1, 0.15) is 46.0 Å². The number of carbonyl (C=O) groups is 1. The first-order valence-corrected chi connectivity index (χ1v) is 9.46. The first-order valence-electron chi connectivity index (χ1n) is 8.41. The van der Waals surface area contributed by atoms with Gasteiger partial charge in [-0.05, 0) is 43.1 Å². The van der Waals surface area contributed by atoms with E-state index in [0.717, 1.165) is 18.8 Å². The molecule has 4 atom stereocenters. The lowest BCUT2D eigenvalue weighted by Gasteiger charge is -2.38. The summed E-state index contributed by atoms with van der Waals surface area (Å²) in [6.07, 6.45) is 7.70. The molecule has 1 spiro atoms. The first-order chi connectivity index (χ1) is 10.1. The molecule has 1 saturated carbocycles. The third kappa shape index (κ3) is 2.09. The number of esters is 1. The smallest absolute Gasteiger partial charge is 0.331 e. The average Bonchev–Trinajstić information content (AvgIpc) is 2.93. The van der Waals surface area contributed by atoms with Crippen LogP contribution in [0.3, 0.4) is 0 Å². The lowest BCUT2D eigenvalue weighted by molar-refractivity contribution is -0.148. The fourth-order valence-corrected chi connectivity index (χ4v) is 6.23. The van der Waals surface area contributed by atoms with Gasteiger partial charge in [0, 0.05) is 23.8 Å². The Bertz CT molecular complexity index is 489. The molecular formula is C17H25NO2S. The normalized spacial score (nSPS) is 41.8. The second kappa shape index (κ2) is 5.02. The van der Waals surface area contributed by atoms with Gasteiger partial charge in [0.2, 0.25) is 0 Å². The molecule has 3 fully saturated rings. The molecule has 0 aromatic carbocycles. The van der Waals surface area contributed by atoms with Crippen molar-refractivity contribution in [3.63, 3.8) is 0 Å². The molecule has 0 aromatic rings. The zero-order chi connectivity index (χ0) is 14.6. The minimum absolute atomic E-state index is 0.0920. The molecule has 21 heavy (non-hydrogen) atoms. The molecule has 3 heterocycles. The van der Waals surface area contributed by atoms with Gasteiger partial charge in [-0.3, -0.25) is 4.90 Å². The first kappa shape index (κ1) is 14.1. The maximum Gasteiger partial charge on any atom is 0.331 e. The van der Waals surface area contributed by atoms with Crippen LogP contribution in [0.4, 0.5) is 0 Å². The summed E-state index contributed by atoms with van der Waals surface area (Å²) >= 11 is 2.12. The zero-order valence-corrected chi connectivity index (χ0v) is 13.8. The molecule has 4 heteroatoms. The van der Waals surface area contributed by atoms with E-state index >= 15 is 0 Å². The van der Waals surface area contributed by atoms with Crippen molar-refractivity contribution in [2.45, 2.75) is 68.9 Å². The minimum atomic E-state index is -0.239. The molecule has 1 aliphatic carbocycles. The Labute approximate surface area is 131 Å². The van der Waals surface area contributed by atoms with Crippen molar-refractivity contribution in [1.29, 1.82) is 0 Å². The molecule has 4 aliphatic rings. The predicted octanol–water partition coefficient (Wildman–Crippen LogP) is 3.00. The number of hydrogen-bond acceptors (Lipinski definition) is 4. The van der Waals surface area contributed by atoms with Gasteiger partial charge in [-0.2, -0.15) is 11.8 Å². The summed E-state index contributed by atoms with van der Waals surface area (Å²) in [6, 6.07) is 1.07. The highest BCUT2D eigenvalue weighted by Gasteiger charge is 2.63. The topological polar surface area (TPSA) is 29.5 Å². The van der Waals surface area contributed by atoms with Crippen molar-refractivity contribution < 1.29 is 9.53 Å². The van der Waals surface area contributed by atoms with Crippen molar-refractivity contribution >= 4 is 17.7 Å². The van der Waals surface area contributed by atoms with Crippen LogP contribution >= 0.6 is 11.8 Å². The van der Waals surface area contributed by atoms with Gasteiger partial charge >= 0.3 is 5.97 Å². The van der Waals surface area contributed by atoms with Gasteiger partial charge in [-0.1, -0.05) is 20.3 Å². The molecule has 0 amide bonds. The zero-order valence-electron chi connectivity index (χ0n) is 13.0. The van der Waals surface area contributed by atoms with Gasteiger partial charge in [0.1, 0.15) is 0 Å². The third-order valence-electron chi connectivity index (χ3n) is 5.63. The summed E-state index contributed by atoms with van der Waals surface area (Å²) in [6.45, 7) is 5.78. The molecule has 0 radical (unpaired) electrons. The van der Waals surface area contributed by atoms with Gasteiger partial charge in [-0.25, -0.2) is 4.79 Å². The van der Waals surface area contributed by atoms with E-state index in [1.54, 1.807) is 0 Å². The monoisotopic (exact) mass is 307 g/mol.